The second-order valence-corrected chi connectivity index (χ2v) is 5.89. The third-order valence-corrected chi connectivity index (χ3v) is 4.02. The molecular weight excluding hydrogens is 328 g/mol. The van der Waals surface area contributed by atoms with Crippen molar-refractivity contribution in [3.63, 3.8) is 0 Å². The molecule has 0 atom stereocenters. The summed E-state index contributed by atoms with van der Waals surface area (Å²) in [6.45, 7) is 2.00. The average Bonchev–Trinajstić information content (AvgIpc) is 3.04. The third-order valence-electron chi connectivity index (χ3n) is 4.02. The van der Waals surface area contributed by atoms with Crippen LogP contribution in [0.5, 0.6) is 5.75 Å². The minimum Gasteiger partial charge on any atom is -0.496 e. The van der Waals surface area contributed by atoms with Gasteiger partial charge < -0.3 is 10.1 Å². The molecule has 0 unspecified atom stereocenters. The van der Waals surface area contributed by atoms with E-state index in [0.717, 1.165) is 22.6 Å². The number of carbonyl (C=O) groups is 1. The van der Waals surface area contributed by atoms with Gasteiger partial charge in [0.15, 0.2) is 5.69 Å². The highest BCUT2D eigenvalue weighted by Gasteiger charge is 2.17. The van der Waals surface area contributed by atoms with E-state index in [0.29, 0.717) is 16.9 Å². The Kier molecular flexibility index (Phi) is 4.72. The number of benzene rings is 2. The molecule has 0 aliphatic heterocycles. The van der Waals surface area contributed by atoms with Crippen molar-refractivity contribution < 1.29 is 9.53 Å². The van der Waals surface area contributed by atoms with Crippen molar-refractivity contribution in [1.82, 2.24) is 9.78 Å². The maximum Gasteiger partial charge on any atom is 0.276 e. The molecule has 26 heavy (non-hydrogen) atoms. The minimum atomic E-state index is -0.317. The monoisotopic (exact) mass is 346 g/mol. The molecule has 0 saturated carbocycles. The summed E-state index contributed by atoms with van der Waals surface area (Å²) in [5.74, 6) is 0.404. The maximum atomic E-state index is 12.5. The summed E-state index contributed by atoms with van der Waals surface area (Å²) in [6, 6.07) is 16.3. The molecule has 0 aliphatic rings. The first-order chi connectivity index (χ1) is 12.5. The van der Waals surface area contributed by atoms with Crippen LogP contribution in [0.15, 0.2) is 48.5 Å². The fraction of sp³-hybridized carbons (Fsp3) is 0.150. The number of amides is 1. The van der Waals surface area contributed by atoms with Crippen LogP contribution in [0, 0.1) is 18.3 Å². The van der Waals surface area contributed by atoms with E-state index in [2.05, 4.69) is 10.4 Å². The van der Waals surface area contributed by atoms with Gasteiger partial charge in [-0.25, -0.2) is 0 Å². The number of ether oxygens (including phenoxy) is 1. The smallest absolute Gasteiger partial charge is 0.276 e. The number of nitrogens with zero attached hydrogens (tertiary/aromatic N) is 3. The molecule has 3 aromatic rings. The Morgan fingerprint density at radius 1 is 1.19 bits per heavy atom. The first kappa shape index (κ1) is 17.2. The molecule has 0 aliphatic carbocycles. The number of nitrogens with one attached hydrogen (secondary N) is 1. The minimum absolute atomic E-state index is 0.301. The molecule has 0 bridgehead atoms. The molecular formula is C20H18N4O2. The van der Waals surface area contributed by atoms with Crippen LogP contribution in [0.2, 0.25) is 0 Å². The highest BCUT2D eigenvalue weighted by Crippen LogP contribution is 2.31. The summed E-state index contributed by atoms with van der Waals surface area (Å²) in [5, 5.41) is 15.9. The summed E-state index contributed by atoms with van der Waals surface area (Å²) in [6.07, 6.45) is 0. The van der Waals surface area contributed by atoms with Gasteiger partial charge in [0.1, 0.15) is 5.75 Å². The number of carbonyl (C=O) groups excluding carboxylic acids is 1. The van der Waals surface area contributed by atoms with Crippen LogP contribution >= 0.6 is 0 Å². The van der Waals surface area contributed by atoms with E-state index in [1.165, 1.54) is 0 Å². The molecule has 1 aromatic heterocycles. The lowest BCUT2D eigenvalue weighted by Gasteiger charge is -2.09. The van der Waals surface area contributed by atoms with Crippen molar-refractivity contribution in [3.8, 4) is 23.1 Å². The Labute approximate surface area is 151 Å². The zero-order valence-corrected chi connectivity index (χ0v) is 14.8. The van der Waals surface area contributed by atoms with E-state index >= 15 is 0 Å². The van der Waals surface area contributed by atoms with Gasteiger partial charge in [0.25, 0.3) is 5.91 Å². The molecule has 1 N–H and O–H groups in total. The van der Waals surface area contributed by atoms with Gasteiger partial charge in [-0.1, -0.05) is 11.6 Å². The van der Waals surface area contributed by atoms with Crippen molar-refractivity contribution in [3.05, 3.63) is 65.4 Å². The van der Waals surface area contributed by atoms with Crippen LogP contribution in [0.4, 0.5) is 5.69 Å². The van der Waals surface area contributed by atoms with E-state index in [9.17, 15) is 4.79 Å². The van der Waals surface area contributed by atoms with Crippen LogP contribution in [0.25, 0.3) is 11.3 Å². The standard InChI is InChI=1S/C20H18N4O2/c1-13-4-9-19(26-3)16(10-13)18-11-17(23-24(18)2)20(25)22-15-7-5-14(12-21)6-8-15/h4-11H,1-3H3,(H,22,25). The lowest BCUT2D eigenvalue weighted by Crippen LogP contribution is -2.12. The van der Waals surface area contributed by atoms with Gasteiger partial charge in [0, 0.05) is 18.3 Å². The summed E-state index contributed by atoms with van der Waals surface area (Å²) in [7, 11) is 3.40. The Morgan fingerprint density at radius 2 is 1.92 bits per heavy atom. The maximum absolute atomic E-state index is 12.5. The highest BCUT2D eigenvalue weighted by molar-refractivity contribution is 6.03. The van der Waals surface area contributed by atoms with E-state index in [1.54, 1.807) is 49.2 Å². The molecule has 0 radical (unpaired) electrons. The van der Waals surface area contributed by atoms with Gasteiger partial charge >= 0.3 is 0 Å². The van der Waals surface area contributed by atoms with Gasteiger partial charge in [-0.3, -0.25) is 9.48 Å². The van der Waals surface area contributed by atoms with E-state index in [1.807, 2.05) is 31.2 Å². The normalized spacial score (nSPS) is 10.2. The van der Waals surface area contributed by atoms with E-state index in [-0.39, 0.29) is 5.91 Å². The Balaban J connectivity index is 1.89. The van der Waals surface area contributed by atoms with Crippen molar-refractivity contribution in [2.75, 3.05) is 12.4 Å². The number of nitriles is 1. The van der Waals surface area contributed by atoms with Crippen LogP contribution < -0.4 is 10.1 Å². The van der Waals surface area contributed by atoms with E-state index in [4.69, 9.17) is 10.00 Å². The molecule has 2 aromatic carbocycles. The number of hydrogen-bond donors (Lipinski definition) is 1. The lowest BCUT2D eigenvalue weighted by molar-refractivity contribution is 0.102. The molecule has 6 heteroatoms. The molecule has 0 fully saturated rings. The van der Waals surface area contributed by atoms with Crippen molar-refractivity contribution in [2.24, 2.45) is 7.05 Å². The molecule has 1 heterocycles. The predicted octanol–water partition coefficient (Wildman–Crippen LogP) is 3.53. The molecule has 0 spiro atoms. The van der Waals surface area contributed by atoms with Crippen LogP contribution in [-0.4, -0.2) is 22.8 Å². The molecule has 130 valence electrons. The Bertz CT molecular complexity index is 998. The molecule has 3 rings (SSSR count). The second kappa shape index (κ2) is 7.11. The van der Waals surface area contributed by atoms with Gasteiger partial charge in [-0.15, -0.1) is 0 Å². The first-order valence-corrected chi connectivity index (χ1v) is 8.02. The van der Waals surface area contributed by atoms with Crippen LogP contribution in [0.3, 0.4) is 0 Å². The zero-order chi connectivity index (χ0) is 18.7. The number of hydrogen-bond acceptors (Lipinski definition) is 4. The number of methoxy groups -OCH3 is 1. The van der Waals surface area contributed by atoms with Gasteiger partial charge in [0.2, 0.25) is 0 Å². The lowest BCUT2D eigenvalue weighted by atomic mass is 10.1. The average molecular weight is 346 g/mol. The Hall–Kier alpha value is -3.59. The van der Waals surface area contributed by atoms with Crippen molar-refractivity contribution in [1.29, 1.82) is 5.26 Å². The first-order valence-electron chi connectivity index (χ1n) is 8.02. The van der Waals surface area contributed by atoms with Gasteiger partial charge in [-0.2, -0.15) is 10.4 Å². The number of aryl methyl sites for hydroxylation is 2. The molecule has 0 saturated heterocycles. The Morgan fingerprint density at radius 3 is 2.58 bits per heavy atom. The topological polar surface area (TPSA) is 79.9 Å². The van der Waals surface area contributed by atoms with Gasteiger partial charge in [0.05, 0.1) is 24.4 Å². The SMILES string of the molecule is COc1ccc(C)cc1-c1cc(C(=O)Nc2ccc(C#N)cc2)nn1C. The second-order valence-electron chi connectivity index (χ2n) is 5.89. The predicted molar refractivity (Wildman–Crippen MR) is 99.0 cm³/mol. The fourth-order valence-corrected chi connectivity index (χ4v) is 2.68. The van der Waals surface area contributed by atoms with Crippen LogP contribution in [-0.2, 0) is 7.05 Å². The largest absolute Gasteiger partial charge is 0.496 e. The summed E-state index contributed by atoms with van der Waals surface area (Å²) in [4.78, 5) is 12.5. The number of anilines is 1. The van der Waals surface area contributed by atoms with E-state index < -0.39 is 0 Å². The van der Waals surface area contributed by atoms with Crippen molar-refractivity contribution >= 4 is 11.6 Å². The van der Waals surface area contributed by atoms with Crippen molar-refractivity contribution in [2.45, 2.75) is 6.92 Å². The zero-order valence-electron chi connectivity index (χ0n) is 14.8. The molecule has 1 amide bonds. The van der Waals surface area contributed by atoms with Crippen LogP contribution in [0.1, 0.15) is 21.6 Å². The summed E-state index contributed by atoms with van der Waals surface area (Å²) >= 11 is 0. The summed E-state index contributed by atoms with van der Waals surface area (Å²) < 4.78 is 7.09. The fourth-order valence-electron chi connectivity index (χ4n) is 2.68. The number of aromatic nitrogens is 2. The van der Waals surface area contributed by atoms with Gasteiger partial charge in [-0.05, 0) is 49.4 Å². The number of rotatable bonds is 4. The summed E-state index contributed by atoms with van der Waals surface area (Å²) in [5.41, 5.74) is 4.19. The quantitative estimate of drug-likeness (QED) is 0.784. The highest BCUT2D eigenvalue weighted by atomic mass is 16.5. The third kappa shape index (κ3) is 3.42. The molecule has 6 nitrogen and oxygen atoms in total.